The van der Waals surface area contributed by atoms with Gasteiger partial charge in [-0.1, -0.05) is 6.07 Å². The van der Waals surface area contributed by atoms with Gasteiger partial charge in [-0.3, -0.25) is 10.2 Å². The Balaban J connectivity index is 2.86. The molecule has 0 spiro atoms. The summed E-state index contributed by atoms with van der Waals surface area (Å²) in [5.41, 5.74) is 4.46. The topological polar surface area (TPSA) is 104 Å². The Morgan fingerprint density at radius 3 is 2.57 bits per heavy atom. The van der Waals surface area contributed by atoms with Crippen molar-refractivity contribution in [1.82, 2.24) is 4.90 Å². The molecule has 0 fully saturated rings. The molecule has 1 amide bonds. The molecule has 0 aliphatic rings. The Morgan fingerprint density at radius 1 is 1.33 bits per heavy atom. The highest BCUT2D eigenvalue weighted by Gasteiger charge is 2.07. The molecule has 2 N–H and O–H groups in total. The molecule has 1 rings (SSSR count). The molecule has 0 unspecified atom stereocenters. The summed E-state index contributed by atoms with van der Waals surface area (Å²) in [4.78, 5) is 13.5. The van der Waals surface area contributed by atoms with E-state index >= 15 is 0 Å². The third kappa shape index (κ3) is 5.31. The van der Waals surface area contributed by atoms with Gasteiger partial charge in [-0.05, 0) is 38.7 Å². The fourth-order valence-electron chi connectivity index (χ4n) is 1.50. The quantitative estimate of drug-likeness (QED) is 0.626. The van der Waals surface area contributed by atoms with E-state index in [1.54, 1.807) is 29.2 Å². The van der Waals surface area contributed by atoms with Gasteiger partial charge < -0.3 is 10.2 Å². The Labute approximate surface area is 123 Å². The summed E-state index contributed by atoms with van der Waals surface area (Å²) in [5.74, 6) is -0.126. The maximum atomic E-state index is 11.8. The molecule has 1 aromatic carbocycles. The first-order chi connectivity index (χ1) is 9.96. The number of rotatable bonds is 5. The largest absolute Gasteiger partial charge is 0.325 e. The van der Waals surface area contributed by atoms with E-state index < -0.39 is 0 Å². The minimum absolute atomic E-state index is 0.126. The number of anilines is 2. The van der Waals surface area contributed by atoms with Crippen molar-refractivity contribution < 1.29 is 4.79 Å². The van der Waals surface area contributed by atoms with Crippen LogP contribution < -0.4 is 10.7 Å². The van der Waals surface area contributed by atoms with Crippen molar-refractivity contribution in [2.45, 2.75) is 6.92 Å². The van der Waals surface area contributed by atoms with Gasteiger partial charge in [-0.25, -0.2) is 0 Å². The van der Waals surface area contributed by atoms with E-state index in [0.29, 0.717) is 11.4 Å². The number of carbonyl (C=O) groups excluding carboxylic acids is 1. The van der Waals surface area contributed by atoms with Crippen LogP contribution in [0.4, 0.5) is 11.4 Å². The van der Waals surface area contributed by atoms with Gasteiger partial charge in [0.1, 0.15) is 12.1 Å². The molecular weight excluding hydrogens is 268 g/mol. The lowest BCUT2D eigenvalue weighted by atomic mass is 10.2. The van der Waals surface area contributed by atoms with Crippen LogP contribution in [0.1, 0.15) is 5.56 Å². The number of amides is 1. The molecule has 0 heterocycles. The minimum Gasteiger partial charge on any atom is -0.325 e. The number of hydrazone groups is 1. The van der Waals surface area contributed by atoms with Crippen molar-refractivity contribution in [3.05, 3.63) is 23.8 Å². The second-order valence-electron chi connectivity index (χ2n) is 4.61. The number of aryl methyl sites for hydroxylation is 1. The van der Waals surface area contributed by atoms with E-state index in [4.69, 9.17) is 10.5 Å². The van der Waals surface area contributed by atoms with E-state index in [1.807, 2.05) is 27.1 Å². The second kappa shape index (κ2) is 7.63. The minimum atomic E-state index is -0.270. The van der Waals surface area contributed by atoms with Crippen LogP contribution in [0.25, 0.3) is 0 Å². The van der Waals surface area contributed by atoms with E-state index in [-0.39, 0.29) is 18.2 Å². The number of nitrogens with one attached hydrogen (secondary N) is 2. The lowest BCUT2D eigenvalue weighted by Gasteiger charge is -2.13. The molecule has 0 saturated heterocycles. The molecule has 21 heavy (non-hydrogen) atoms. The highest BCUT2D eigenvalue weighted by molar-refractivity contribution is 6.10. The maximum Gasteiger partial charge on any atom is 0.238 e. The Kier molecular flexibility index (Phi) is 5.87. The third-order valence-electron chi connectivity index (χ3n) is 2.48. The molecule has 7 heteroatoms. The summed E-state index contributed by atoms with van der Waals surface area (Å²) in [6, 6.07) is 8.55. The van der Waals surface area contributed by atoms with Crippen molar-refractivity contribution >= 4 is 23.0 Å². The van der Waals surface area contributed by atoms with Crippen molar-refractivity contribution in [2.75, 3.05) is 31.4 Å². The van der Waals surface area contributed by atoms with Crippen LogP contribution in [0.5, 0.6) is 0 Å². The molecule has 0 bridgehead atoms. The van der Waals surface area contributed by atoms with Crippen LogP contribution in [0.2, 0.25) is 0 Å². The number of nitrogens with zero attached hydrogens (tertiary/aromatic N) is 4. The molecule has 0 aromatic heterocycles. The summed E-state index contributed by atoms with van der Waals surface area (Å²) < 4.78 is 0. The van der Waals surface area contributed by atoms with Crippen molar-refractivity contribution in [3.8, 4) is 12.1 Å². The van der Waals surface area contributed by atoms with E-state index in [0.717, 1.165) is 5.56 Å². The number of hydrogen-bond donors (Lipinski definition) is 2. The number of hydrogen-bond acceptors (Lipinski definition) is 6. The van der Waals surface area contributed by atoms with Crippen LogP contribution in [0.3, 0.4) is 0 Å². The average molecular weight is 284 g/mol. The van der Waals surface area contributed by atoms with Crippen LogP contribution in [0, 0.1) is 29.6 Å². The van der Waals surface area contributed by atoms with Gasteiger partial charge in [0.2, 0.25) is 11.6 Å². The van der Waals surface area contributed by atoms with Gasteiger partial charge in [0.25, 0.3) is 0 Å². The maximum absolute atomic E-state index is 11.8. The molecule has 0 aliphatic heterocycles. The fourth-order valence-corrected chi connectivity index (χ4v) is 1.50. The first-order valence-corrected chi connectivity index (χ1v) is 6.15. The number of benzene rings is 1. The van der Waals surface area contributed by atoms with Crippen LogP contribution in [-0.2, 0) is 4.79 Å². The number of nitriles is 2. The van der Waals surface area contributed by atoms with Crippen molar-refractivity contribution in [2.24, 2.45) is 5.10 Å². The lowest BCUT2D eigenvalue weighted by molar-refractivity contribution is -0.116. The van der Waals surface area contributed by atoms with Gasteiger partial charge in [0, 0.05) is 5.69 Å². The summed E-state index contributed by atoms with van der Waals surface area (Å²) in [7, 11) is 3.62. The molecule has 7 nitrogen and oxygen atoms in total. The summed E-state index contributed by atoms with van der Waals surface area (Å²) >= 11 is 0. The van der Waals surface area contributed by atoms with E-state index in [2.05, 4.69) is 15.8 Å². The highest BCUT2D eigenvalue weighted by Crippen LogP contribution is 2.20. The zero-order valence-electron chi connectivity index (χ0n) is 12.1. The van der Waals surface area contributed by atoms with Gasteiger partial charge in [0.05, 0.1) is 12.2 Å². The summed E-state index contributed by atoms with van der Waals surface area (Å²) in [5, 5.41) is 23.7. The van der Waals surface area contributed by atoms with E-state index in [9.17, 15) is 4.79 Å². The van der Waals surface area contributed by atoms with Crippen LogP contribution >= 0.6 is 0 Å². The predicted octanol–water partition coefficient (Wildman–Crippen LogP) is 1.31. The standard InChI is InChI=1S/C14H16N6O/c1-10-4-5-11(18-19-12(7-15)8-16)6-13(10)17-14(21)9-20(2)3/h4-6,18H,9H2,1-3H3,(H,17,21). The summed E-state index contributed by atoms with van der Waals surface area (Å²) in [6.45, 7) is 2.15. The molecule has 0 saturated carbocycles. The highest BCUT2D eigenvalue weighted by atomic mass is 16.2. The first kappa shape index (κ1) is 16.2. The Bertz CT molecular complexity index is 620. The molecule has 108 valence electrons. The Hall–Kier alpha value is -2.90. The molecule has 1 aromatic rings. The second-order valence-corrected chi connectivity index (χ2v) is 4.61. The number of likely N-dealkylation sites (N-methyl/N-ethyl adjacent to an activating group) is 1. The van der Waals surface area contributed by atoms with Crippen molar-refractivity contribution in [3.63, 3.8) is 0 Å². The molecule has 0 radical (unpaired) electrons. The Morgan fingerprint density at radius 2 is 2.00 bits per heavy atom. The first-order valence-electron chi connectivity index (χ1n) is 6.15. The van der Waals surface area contributed by atoms with Crippen molar-refractivity contribution in [1.29, 1.82) is 10.5 Å². The predicted molar refractivity (Wildman–Crippen MR) is 80.6 cm³/mol. The monoisotopic (exact) mass is 284 g/mol. The molecular formula is C14H16N6O. The number of carbonyl (C=O) groups is 1. The molecule has 0 aliphatic carbocycles. The smallest absolute Gasteiger partial charge is 0.238 e. The van der Waals surface area contributed by atoms with Gasteiger partial charge >= 0.3 is 0 Å². The SMILES string of the molecule is Cc1ccc(NN=C(C#N)C#N)cc1NC(=O)CN(C)C. The van der Waals surface area contributed by atoms with Gasteiger partial charge in [-0.15, -0.1) is 0 Å². The lowest BCUT2D eigenvalue weighted by Crippen LogP contribution is -2.27. The molecule has 0 atom stereocenters. The van der Waals surface area contributed by atoms with E-state index in [1.165, 1.54) is 0 Å². The average Bonchev–Trinajstić information content (AvgIpc) is 2.42. The summed E-state index contributed by atoms with van der Waals surface area (Å²) in [6.07, 6.45) is 0. The normalized spacial score (nSPS) is 9.43. The zero-order valence-corrected chi connectivity index (χ0v) is 12.1. The van der Waals surface area contributed by atoms with Gasteiger partial charge in [-0.2, -0.15) is 15.6 Å². The van der Waals surface area contributed by atoms with Crippen LogP contribution in [-0.4, -0.2) is 37.2 Å². The fraction of sp³-hybridized carbons (Fsp3) is 0.286. The van der Waals surface area contributed by atoms with Crippen LogP contribution in [0.15, 0.2) is 23.3 Å². The third-order valence-corrected chi connectivity index (χ3v) is 2.48. The zero-order chi connectivity index (χ0) is 15.8. The van der Waals surface area contributed by atoms with Gasteiger partial charge in [0.15, 0.2) is 0 Å².